The van der Waals surface area contributed by atoms with E-state index in [0.29, 0.717) is 11.4 Å². The normalized spacial score (nSPS) is 10.2. The molecule has 0 spiro atoms. The lowest BCUT2D eigenvalue weighted by Gasteiger charge is -1.95. The van der Waals surface area contributed by atoms with Crippen LogP contribution in [0.15, 0.2) is 30.3 Å². The van der Waals surface area contributed by atoms with Gasteiger partial charge >= 0.3 is 0 Å². The number of hydrogen-bond acceptors (Lipinski definition) is 2. The van der Waals surface area contributed by atoms with Crippen molar-refractivity contribution in [1.82, 2.24) is 10.2 Å². The molecule has 1 aromatic heterocycles. The maximum atomic E-state index is 9.60. The Morgan fingerprint density at radius 2 is 1.92 bits per heavy atom. The minimum atomic E-state index is 0.228. The van der Waals surface area contributed by atoms with Crippen LogP contribution in [-0.2, 0) is 0 Å². The second-order valence-electron chi connectivity index (χ2n) is 2.91. The van der Waals surface area contributed by atoms with Crippen molar-refractivity contribution >= 4 is 0 Å². The summed E-state index contributed by atoms with van der Waals surface area (Å²) in [5.74, 6) is 0.228. The smallest absolute Gasteiger partial charge is 0.164 e. The highest BCUT2D eigenvalue weighted by atomic mass is 16.3. The molecule has 0 aliphatic rings. The minimum Gasteiger partial charge on any atom is -0.504 e. The van der Waals surface area contributed by atoms with Crippen molar-refractivity contribution in [2.24, 2.45) is 0 Å². The molecule has 0 radical (unpaired) electrons. The molecule has 2 N–H and O–H groups in total. The number of benzene rings is 1. The van der Waals surface area contributed by atoms with Crippen LogP contribution < -0.4 is 0 Å². The fourth-order valence-electron chi connectivity index (χ4n) is 1.22. The van der Waals surface area contributed by atoms with E-state index >= 15 is 0 Å². The number of rotatable bonds is 1. The summed E-state index contributed by atoms with van der Waals surface area (Å²) in [7, 11) is 0. The van der Waals surface area contributed by atoms with Gasteiger partial charge in [0.2, 0.25) is 0 Å². The monoisotopic (exact) mass is 174 g/mol. The summed E-state index contributed by atoms with van der Waals surface area (Å²) >= 11 is 0. The zero-order chi connectivity index (χ0) is 9.26. The molecule has 2 rings (SSSR count). The van der Waals surface area contributed by atoms with Crippen LogP contribution in [0.25, 0.3) is 11.3 Å². The highest BCUT2D eigenvalue weighted by molar-refractivity contribution is 5.66. The van der Waals surface area contributed by atoms with Crippen LogP contribution in [0.5, 0.6) is 5.75 Å². The molecule has 0 unspecified atom stereocenters. The molecule has 13 heavy (non-hydrogen) atoms. The number of aromatic hydroxyl groups is 1. The van der Waals surface area contributed by atoms with Crippen molar-refractivity contribution < 1.29 is 5.11 Å². The number of nitrogens with one attached hydrogen (secondary N) is 1. The maximum Gasteiger partial charge on any atom is 0.164 e. The van der Waals surface area contributed by atoms with Gasteiger partial charge in [0, 0.05) is 5.56 Å². The number of aromatic amines is 1. The number of hydrogen-bond donors (Lipinski definition) is 2. The summed E-state index contributed by atoms with van der Waals surface area (Å²) in [6.45, 7) is 1.79. The van der Waals surface area contributed by atoms with Crippen LogP contribution in [-0.4, -0.2) is 15.3 Å². The summed E-state index contributed by atoms with van der Waals surface area (Å²) in [5, 5.41) is 16.3. The minimum absolute atomic E-state index is 0.228. The van der Waals surface area contributed by atoms with Gasteiger partial charge in [-0.3, -0.25) is 5.10 Å². The van der Waals surface area contributed by atoms with E-state index in [1.807, 2.05) is 30.3 Å². The van der Waals surface area contributed by atoms with Crippen LogP contribution in [0.1, 0.15) is 5.69 Å². The van der Waals surface area contributed by atoms with Crippen LogP contribution >= 0.6 is 0 Å². The molecule has 0 aliphatic heterocycles. The van der Waals surface area contributed by atoms with Crippen LogP contribution in [0.2, 0.25) is 0 Å². The van der Waals surface area contributed by atoms with E-state index in [0.717, 1.165) is 5.56 Å². The fourth-order valence-corrected chi connectivity index (χ4v) is 1.22. The van der Waals surface area contributed by atoms with E-state index in [4.69, 9.17) is 0 Å². The van der Waals surface area contributed by atoms with Gasteiger partial charge in [-0.15, -0.1) is 0 Å². The molecule has 1 aromatic carbocycles. The topological polar surface area (TPSA) is 48.9 Å². The fraction of sp³-hybridized carbons (Fsp3) is 0.100. The Kier molecular flexibility index (Phi) is 1.77. The lowest BCUT2D eigenvalue weighted by molar-refractivity contribution is 0.473. The summed E-state index contributed by atoms with van der Waals surface area (Å²) < 4.78 is 0. The second-order valence-corrected chi connectivity index (χ2v) is 2.91. The van der Waals surface area contributed by atoms with Crippen molar-refractivity contribution in [3.05, 3.63) is 36.0 Å². The van der Waals surface area contributed by atoms with Crippen molar-refractivity contribution in [3.8, 4) is 17.0 Å². The summed E-state index contributed by atoms with van der Waals surface area (Å²) in [6, 6.07) is 9.59. The van der Waals surface area contributed by atoms with Gasteiger partial charge in [0.05, 0.1) is 5.69 Å². The zero-order valence-corrected chi connectivity index (χ0v) is 7.28. The molecule has 0 bridgehead atoms. The van der Waals surface area contributed by atoms with Crippen molar-refractivity contribution in [1.29, 1.82) is 0 Å². The Morgan fingerprint density at radius 3 is 2.46 bits per heavy atom. The van der Waals surface area contributed by atoms with Crippen molar-refractivity contribution in [3.63, 3.8) is 0 Å². The quantitative estimate of drug-likeness (QED) is 0.695. The van der Waals surface area contributed by atoms with Crippen molar-refractivity contribution in [2.45, 2.75) is 6.92 Å². The Bertz CT molecular complexity index is 406. The van der Waals surface area contributed by atoms with E-state index in [2.05, 4.69) is 10.2 Å². The molecule has 2 aromatic rings. The largest absolute Gasteiger partial charge is 0.504 e. The molecule has 3 heteroatoms. The number of aryl methyl sites for hydroxylation is 1. The SMILES string of the molecule is Cc1[nH]nc(-c2ccccc2)c1O. The first-order chi connectivity index (χ1) is 6.29. The number of nitrogens with zero attached hydrogens (tertiary/aromatic N) is 1. The molecule has 0 atom stereocenters. The lowest BCUT2D eigenvalue weighted by atomic mass is 10.1. The summed E-state index contributed by atoms with van der Waals surface area (Å²) in [6.07, 6.45) is 0. The zero-order valence-electron chi connectivity index (χ0n) is 7.28. The lowest BCUT2D eigenvalue weighted by Crippen LogP contribution is -1.76. The third kappa shape index (κ3) is 1.28. The molecule has 0 fully saturated rings. The first kappa shape index (κ1) is 7.86. The molecule has 66 valence electrons. The first-order valence-electron chi connectivity index (χ1n) is 4.08. The van der Waals surface area contributed by atoms with Gasteiger partial charge in [-0.05, 0) is 6.92 Å². The van der Waals surface area contributed by atoms with Crippen LogP contribution in [0.4, 0.5) is 0 Å². The molecule has 0 amide bonds. The van der Waals surface area contributed by atoms with Gasteiger partial charge in [-0.2, -0.15) is 5.10 Å². The third-order valence-electron chi connectivity index (χ3n) is 1.96. The average Bonchev–Trinajstić information content (AvgIpc) is 2.49. The standard InChI is InChI=1S/C10H10N2O/c1-7-10(13)9(12-11-7)8-5-3-2-4-6-8/h2-6,13H,1H3,(H,11,12). The van der Waals surface area contributed by atoms with Crippen molar-refractivity contribution in [2.75, 3.05) is 0 Å². The van der Waals surface area contributed by atoms with Gasteiger partial charge in [0.25, 0.3) is 0 Å². The van der Waals surface area contributed by atoms with Gasteiger partial charge in [-0.1, -0.05) is 30.3 Å². The van der Waals surface area contributed by atoms with Gasteiger partial charge in [-0.25, -0.2) is 0 Å². The van der Waals surface area contributed by atoms with Crippen LogP contribution in [0.3, 0.4) is 0 Å². The number of aromatic nitrogens is 2. The first-order valence-corrected chi connectivity index (χ1v) is 4.08. The summed E-state index contributed by atoms with van der Waals surface area (Å²) in [5.41, 5.74) is 2.22. The molecule has 3 nitrogen and oxygen atoms in total. The molecule has 0 saturated heterocycles. The Hall–Kier alpha value is -1.77. The number of H-pyrrole nitrogens is 1. The van der Waals surface area contributed by atoms with Gasteiger partial charge in [0.1, 0.15) is 5.69 Å². The van der Waals surface area contributed by atoms with E-state index < -0.39 is 0 Å². The van der Waals surface area contributed by atoms with Gasteiger partial charge in [0.15, 0.2) is 5.75 Å². The molecule has 0 saturated carbocycles. The van der Waals surface area contributed by atoms with E-state index in [1.54, 1.807) is 6.92 Å². The molecule has 0 aliphatic carbocycles. The Balaban J connectivity index is 2.53. The predicted molar refractivity (Wildman–Crippen MR) is 50.4 cm³/mol. The van der Waals surface area contributed by atoms with Gasteiger partial charge < -0.3 is 5.11 Å². The Labute approximate surface area is 76.0 Å². The van der Waals surface area contributed by atoms with E-state index in [1.165, 1.54) is 0 Å². The predicted octanol–water partition coefficient (Wildman–Crippen LogP) is 2.09. The second kappa shape index (κ2) is 2.94. The molecular formula is C10H10N2O. The van der Waals surface area contributed by atoms with E-state index in [9.17, 15) is 5.11 Å². The summed E-state index contributed by atoms with van der Waals surface area (Å²) in [4.78, 5) is 0. The third-order valence-corrected chi connectivity index (χ3v) is 1.96. The Morgan fingerprint density at radius 1 is 1.23 bits per heavy atom. The molecular weight excluding hydrogens is 164 g/mol. The van der Waals surface area contributed by atoms with Crippen LogP contribution in [0, 0.1) is 6.92 Å². The maximum absolute atomic E-state index is 9.60. The van der Waals surface area contributed by atoms with E-state index in [-0.39, 0.29) is 5.75 Å². The highest BCUT2D eigenvalue weighted by Crippen LogP contribution is 2.28. The average molecular weight is 174 g/mol. The highest BCUT2D eigenvalue weighted by Gasteiger charge is 2.09. The molecule has 1 heterocycles.